The van der Waals surface area contributed by atoms with Gasteiger partial charge in [-0.2, -0.15) is 13.2 Å². The molecule has 0 fully saturated rings. The quantitative estimate of drug-likeness (QED) is 0.782. The number of pyridine rings is 1. The first-order valence-corrected chi connectivity index (χ1v) is 6.70. The van der Waals surface area contributed by atoms with Crippen molar-refractivity contribution in [2.24, 2.45) is 0 Å². The van der Waals surface area contributed by atoms with Crippen LogP contribution in [0.4, 0.5) is 24.8 Å². The van der Waals surface area contributed by atoms with Crippen LogP contribution in [0.15, 0.2) is 61.1 Å². The first-order chi connectivity index (χ1) is 11.0. The van der Waals surface area contributed by atoms with Gasteiger partial charge in [-0.25, -0.2) is 9.97 Å². The highest BCUT2D eigenvalue weighted by molar-refractivity contribution is 5.66. The van der Waals surface area contributed by atoms with Crippen LogP contribution in [0.3, 0.4) is 0 Å². The first kappa shape index (κ1) is 15.0. The molecule has 0 amide bonds. The van der Waals surface area contributed by atoms with E-state index in [1.54, 1.807) is 36.7 Å². The Bertz CT molecular complexity index is 804. The van der Waals surface area contributed by atoms with E-state index in [1.165, 1.54) is 12.3 Å². The first-order valence-electron chi connectivity index (χ1n) is 6.70. The van der Waals surface area contributed by atoms with Crippen LogP contribution in [-0.2, 0) is 6.18 Å². The molecule has 0 atom stereocenters. The number of halogens is 3. The fourth-order valence-corrected chi connectivity index (χ4v) is 2.01. The molecule has 0 unspecified atom stereocenters. The summed E-state index contributed by atoms with van der Waals surface area (Å²) in [6.07, 6.45) is 0.305. The van der Waals surface area contributed by atoms with Gasteiger partial charge in [-0.15, -0.1) is 0 Å². The molecule has 0 aliphatic rings. The zero-order valence-electron chi connectivity index (χ0n) is 11.7. The summed E-state index contributed by atoms with van der Waals surface area (Å²) in [6.45, 7) is 0. The summed E-state index contributed by atoms with van der Waals surface area (Å²) >= 11 is 0. The molecule has 0 bridgehead atoms. The Labute approximate surface area is 130 Å². The van der Waals surface area contributed by atoms with Crippen LogP contribution in [-0.4, -0.2) is 15.0 Å². The van der Waals surface area contributed by atoms with Gasteiger partial charge in [-0.05, 0) is 30.3 Å². The number of aromatic nitrogens is 3. The minimum atomic E-state index is -4.39. The maximum Gasteiger partial charge on any atom is 0.416 e. The topological polar surface area (TPSA) is 50.7 Å². The van der Waals surface area contributed by atoms with Crippen molar-refractivity contribution in [2.45, 2.75) is 6.18 Å². The molecule has 2 heterocycles. The second-order valence-corrected chi connectivity index (χ2v) is 4.71. The van der Waals surface area contributed by atoms with Crippen LogP contribution in [0.2, 0.25) is 0 Å². The molecule has 4 nitrogen and oxygen atoms in total. The van der Waals surface area contributed by atoms with Crippen LogP contribution in [0.1, 0.15) is 5.56 Å². The average molecular weight is 316 g/mol. The Morgan fingerprint density at radius 3 is 2.35 bits per heavy atom. The fraction of sp³-hybridized carbons (Fsp3) is 0.0625. The maximum atomic E-state index is 12.8. The Kier molecular flexibility index (Phi) is 3.92. The van der Waals surface area contributed by atoms with Crippen LogP contribution in [0.5, 0.6) is 0 Å². The summed E-state index contributed by atoms with van der Waals surface area (Å²) < 4.78 is 38.4. The molecule has 116 valence electrons. The molecule has 0 aliphatic heterocycles. The average Bonchev–Trinajstić information content (AvgIpc) is 2.55. The van der Waals surface area contributed by atoms with Crippen molar-refractivity contribution >= 4 is 11.6 Å². The molecule has 1 N–H and O–H groups in total. The van der Waals surface area contributed by atoms with E-state index in [1.807, 2.05) is 0 Å². The van der Waals surface area contributed by atoms with E-state index in [9.17, 15) is 13.2 Å². The predicted octanol–water partition coefficient (Wildman–Crippen LogP) is 4.30. The minimum absolute atomic E-state index is 0.387. The molecule has 0 saturated carbocycles. The summed E-state index contributed by atoms with van der Waals surface area (Å²) in [7, 11) is 0. The molecule has 3 rings (SSSR count). The van der Waals surface area contributed by atoms with Gasteiger partial charge in [0.25, 0.3) is 0 Å². The van der Waals surface area contributed by atoms with Crippen molar-refractivity contribution in [2.75, 3.05) is 5.32 Å². The van der Waals surface area contributed by atoms with Gasteiger partial charge in [-0.3, -0.25) is 4.98 Å². The highest BCUT2D eigenvalue weighted by atomic mass is 19.4. The zero-order valence-corrected chi connectivity index (χ0v) is 11.7. The van der Waals surface area contributed by atoms with E-state index in [0.717, 1.165) is 12.1 Å². The Balaban J connectivity index is 1.91. The number of alkyl halides is 3. The van der Waals surface area contributed by atoms with E-state index >= 15 is 0 Å². The van der Waals surface area contributed by atoms with Gasteiger partial charge in [0.05, 0.1) is 11.3 Å². The lowest BCUT2D eigenvalue weighted by Crippen LogP contribution is -2.04. The summed E-state index contributed by atoms with van der Waals surface area (Å²) in [5.74, 6) is 0.397. The molecule has 0 saturated heterocycles. The summed E-state index contributed by atoms with van der Waals surface area (Å²) in [6, 6.07) is 10.1. The van der Waals surface area contributed by atoms with E-state index in [4.69, 9.17) is 0 Å². The molecule has 7 heteroatoms. The fourth-order valence-electron chi connectivity index (χ4n) is 2.01. The Hall–Kier alpha value is -2.96. The summed E-state index contributed by atoms with van der Waals surface area (Å²) in [4.78, 5) is 12.2. The maximum absolute atomic E-state index is 12.8. The van der Waals surface area contributed by atoms with E-state index in [0.29, 0.717) is 22.9 Å². The lowest BCUT2D eigenvalue weighted by molar-refractivity contribution is -0.137. The standard InChI is InChI=1S/C16H11F3N4/c17-16(18,19)12-4-1-3-11(9-12)14-10-13(5-8-20-14)23-15-21-6-2-7-22-15/h1-10H,(H,20,21,22,23). The van der Waals surface area contributed by atoms with Gasteiger partial charge in [0, 0.05) is 29.8 Å². The van der Waals surface area contributed by atoms with Crippen LogP contribution < -0.4 is 5.32 Å². The van der Waals surface area contributed by atoms with Gasteiger partial charge >= 0.3 is 6.18 Å². The van der Waals surface area contributed by atoms with E-state index in [2.05, 4.69) is 20.3 Å². The molecule has 23 heavy (non-hydrogen) atoms. The second-order valence-electron chi connectivity index (χ2n) is 4.71. The molecule has 1 aromatic carbocycles. The lowest BCUT2D eigenvalue weighted by atomic mass is 10.1. The molecular formula is C16H11F3N4. The van der Waals surface area contributed by atoms with Crippen molar-refractivity contribution in [3.8, 4) is 11.3 Å². The van der Waals surface area contributed by atoms with Gasteiger partial charge in [-0.1, -0.05) is 12.1 Å². The normalized spacial score (nSPS) is 11.3. The highest BCUT2D eigenvalue weighted by Crippen LogP contribution is 2.32. The molecular weight excluding hydrogens is 305 g/mol. The van der Waals surface area contributed by atoms with Crippen molar-refractivity contribution in [3.63, 3.8) is 0 Å². The number of hydrogen-bond acceptors (Lipinski definition) is 4. The van der Waals surface area contributed by atoms with Gasteiger partial charge < -0.3 is 5.32 Å². The number of hydrogen-bond donors (Lipinski definition) is 1. The van der Waals surface area contributed by atoms with E-state index < -0.39 is 11.7 Å². The van der Waals surface area contributed by atoms with Gasteiger partial charge in [0.2, 0.25) is 5.95 Å². The minimum Gasteiger partial charge on any atom is -0.324 e. The molecule has 2 aromatic heterocycles. The number of nitrogens with zero attached hydrogens (tertiary/aromatic N) is 3. The van der Waals surface area contributed by atoms with Gasteiger partial charge in [0.15, 0.2) is 0 Å². The smallest absolute Gasteiger partial charge is 0.324 e. The van der Waals surface area contributed by atoms with Crippen LogP contribution >= 0.6 is 0 Å². The summed E-state index contributed by atoms with van der Waals surface area (Å²) in [5.41, 5.74) is 0.745. The van der Waals surface area contributed by atoms with Crippen molar-refractivity contribution in [3.05, 3.63) is 66.6 Å². The Morgan fingerprint density at radius 2 is 1.61 bits per heavy atom. The van der Waals surface area contributed by atoms with E-state index in [-0.39, 0.29) is 0 Å². The highest BCUT2D eigenvalue weighted by Gasteiger charge is 2.30. The zero-order chi connectivity index (χ0) is 16.3. The van der Waals surface area contributed by atoms with Crippen molar-refractivity contribution in [1.29, 1.82) is 0 Å². The molecule has 3 aromatic rings. The third-order valence-electron chi connectivity index (χ3n) is 3.07. The molecule has 0 radical (unpaired) electrons. The SMILES string of the molecule is FC(F)(F)c1cccc(-c2cc(Nc3ncccn3)ccn2)c1. The largest absolute Gasteiger partial charge is 0.416 e. The lowest BCUT2D eigenvalue weighted by Gasteiger charge is -2.09. The monoisotopic (exact) mass is 316 g/mol. The number of anilines is 2. The van der Waals surface area contributed by atoms with Crippen LogP contribution in [0, 0.1) is 0 Å². The Morgan fingerprint density at radius 1 is 0.826 bits per heavy atom. The third-order valence-corrected chi connectivity index (χ3v) is 3.07. The van der Waals surface area contributed by atoms with Gasteiger partial charge in [0.1, 0.15) is 0 Å². The second kappa shape index (κ2) is 6.04. The predicted molar refractivity (Wildman–Crippen MR) is 80.0 cm³/mol. The number of benzene rings is 1. The summed E-state index contributed by atoms with van der Waals surface area (Å²) in [5, 5.41) is 2.97. The van der Waals surface area contributed by atoms with Crippen molar-refractivity contribution < 1.29 is 13.2 Å². The third kappa shape index (κ3) is 3.63. The molecule has 0 aliphatic carbocycles. The molecule has 0 spiro atoms. The number of rotatable bonds is 3. The van der Waals surface area contributed by atoms with Crippen molar-refractivity contribution in [1.82, 2.24) is 15.0 Å². The van der Waals surface area contributed by atoms with Crippen LogP contribution in [0.25, 0.3) is 11.3 Å². The number of nitrogens with one attached hydrogen (secondary N) is 1.